The summed E-state index contributed by atoms with van der Waals surface area (Å²) in [5.74, 6) is 1.10. The number of imidazole rings is 1. The third-order valence-corrected chi connectivity index (χ3v) is 8.47. The second kappa shape index (κ2) is 13.3. The molecule has 2 amide bonds. The zero-order chi connectivity index (χ0) is 28.7. The number of benzene rings is 2. The number of rotatable bonds is 9. The topological polar surface area (TPSA) is 101 Å². The van der Waals surface area contributed by atoms with Crippen LogP contribution < -0.4 is 10.6 Å². The molecule has 2 aromatic heterocycles. The number of pyridine rings is 1. The minimum Gasteiger partial charge on any atom is -0.379 e. The molecule has 3 heterocycles. The number of hydrogen-bond acceptors (Lipinski definition) is 6. The molecule has 2 fully saturated rings. The van der Waals surface area contributed by atoms with Gasteiger partial charge in [0.05, 0.1) is 31.8 Å². The number of morpholine rings is 1. The Morgan fingerprint density at radius 1 is 0.881 bits per heavy atom. The maximum absolute atomic E-state index is 12.9. The first kappa shape index (κ1) is 28.1. The van der Waals surface area contributed by atoms with Gasteiger partial charge in [-0.25, -0.2) is 9.97 Å². The van der Waals surface area contributed by atoms with E-state index < -0.39 is 0 Å². The summed E-state index contributed by atoms with van der Waals surface area (Å²) in [6, 6.07) is 22.1. The third kappa shape index (κ3) is 6.69. The van der Waals surface area contributed by atoms with Gasteiger partial charge in [0.25, 0.3) is 0 Å². The molecule has 0 bridgehead atoms. The van der Waals surface area contributed by atoms with Gasteiger partial charge in [0.15, 0.2) is 5.65 Å². The van der Waals surface area contributed by atoms with Crippen molar-refractivity contribution in [1.82, 2.24) is 24.8 Å². The number of carbonyl (C=O) groups is 2. The number of aromatic nitrogens is 3. The molecule has 0 unspecified atom stereocenters. The summed E-state index contributed by atoms with van der Waals surface area (Å²) in [5, 5.41) is 5.66. The van der Waals surface area contributed by atoms with E-state index in [-0.39, 0.29) is 24.3 Å². The van der Waals surface area contributed by atoms with E-state index in [0.717, 1.165) is 87.8 Å². The maximum atomic E-state index is 12.9. The first-order chi connectivity index (χ1) is 20.6. The highest BCUT2D eigenvalue weighted by molar-refractivity contribution is 5.94. The zero-order valence-corrected chi connectivity index (χ0v) is 23.9. The predicted molar refractivity (Wildman–Crippen MR) is 162 cm³/mol. The minimum absolute atomic E-state index is 0.0169. The van der Waals surface area contributed by atoms with Gasteiger partial charge in [0, 0.05) is 37.4 Å². The summed E-state index contributed by atoms with van der Waals surface area (Å²) in [6.45, 7) is 4.80. The summed E-state index contributed by atoms with van der Waals surface area (Å²) in [6.07, 6.45) is 5.31. The van der Waals surface area contributed by atoms with Gasteiger partial charge < -0.3 is 19.9 Å². The van der Waals surface area contributed by atoms with Crippen LogP contribution in [0.5, 0.6) is 0 Å². The Bertz CT molecular complexity index is 1510. The average Bonchev–Trinajstić information content (AvgIpc) is 3.37. The Kier molecular flexibility index (Phi) is 8.86. The highest BCUT2D eigenvalue weighted by atomic mass is 16.5. The SMILES string of the molecule is O=C(CNC(=O)C1CCC(c2ccccc2Cn2c(CN3CCOCC3)nc3ncccc32)CC1)Nc1ccccc1. The van der Waals surface area contributed by atoms with Crippen molar-refractivity contribution in [3.05, 3.63) is 89.9 Å². The first-order valence-electron chi connectivity index (χ1n) is 14.9. The lowest BCUT2D eigenvalue weighted by atomic mass is 9.77. The van der Waals surface area contributed by atoms with Crippen LogP contribution in [-0.2, 0) is 27.4 Å². The molecule has 1 saturated heterocycles. The molecular formula is C33H38N6O3. The second-order valence-corrected chi connectivity index (χ2v) is 11.2. The lowest BCUT2D eigenvalue weighted by molar-refractivity contribution is -0.128. The molecular weight excluding hydrogens is 528 g/mol. The fraction of sp³-hybridized carbons (Fsp3) is 0.394. The molecule has 4 aromatic rings. The van der Waals surface area contributed by atoms with E-state index in [9.17, 15) is 9.59 Å². The van der Waals surface area contributed by atoms with Gasteiger partial charge >= 0.3 is 0 Å². The summed E-state index contributed by atoms with van der Waals surface area (Å²) in [7, 11) is 0. The van der Waals surface area contributed by atoms with Crippen LogP contribution in [0.1, 0.15) is 48.6 Å². The Hall–Kier alpha value is -4.08. The standard InChI is InChI=1S/C33H38N6O3/c40-31(36-27-8-2-1-3-9-27)21-35-33(41)25-14-12-24(13-15-25)28-10-5-4-7-26(28)22-39-29-11-6-16-34-32(29)37-30(39)23-38-17-19-42-20-18-38/h1-11,16,24-25H,12-15,17-23H2,(H,35,41)(H,36,40). The van der Waals surface area contributed by atoms with Gasteiger partial charge in [-0.15, -0.1) is 0 Å². The summed E-state index contributed by atoms with van der Waals surface area (Å²) >= 11 is 0. The summed E-state index contributed by atoms with van der Waals surface area (Å²) in [4.78, 5) is 37.0. The molecule has 1 aliphatic heterocycles. The number of para-hydroxylation sites is 1. The number of hydrogen-bond donors (Lipinski definition) is 2. The highest BCUT2D eigenvalue weighted by Gasteiger charge is 2.28. The highest BCUT2D eigenvalue weighted by Crippen LogP contribution is 2.37. The number of ether oxygens (including phenoxy) is 1. The number of fused-ring (bicyclic) bond motifs is 1. The number of carbonyl (C=O) groups excluding carboxylic acids is 2. The van der Waals surface area contributed by atoms with E-state index >= 15 is 0 Å². The summed E-state index contributed by atoms with van der Waals surface area (Å²) < 4.78 is 7.86. The van der Waals surface area contributed by atoms with Crippen LogP contribution in [0.2, 0.25) is 0 Å². The van der Waals surface area contributed by atoms with Gasteiger partial charge in [0.2, 0.25) is 11.8 Å². The number of nitrogens with one attached hydrogen (secondary N) is 2. The lowest BCUT2D eigenvalue weighted by Crippen LogP contribution is -2.38. The Balaban J connectivity index is 1.10. The molecule has 2 aromatic carbocycles. The molecule has 0 spiro atoms. The van der Waals surface area contributed by atoms with Crippen LogP contribution in [0.3, 0.4) is 0 Å². The normalized spacial score (nSPS) is 19.4. The van der Waals surface area contributed by atoms with Crippen LogP contribution in [0, 0.1) is 5.92 Å². The smallest absolute Gasteiger partial charge is 0.243 e. The third-order valence-electron chi connectivity index (χ3n) is 8.47. The van der Waals surface area contributed by atoms with Crippen molar-refractivity contribution in [2.24, 2.45) is 5.92 Å². The van der Waals surface area contributed by atoms with Gasteiger partial charge in [-0.3, -0.25) is 14.5 Å². The molecule has 42 heavy (non-hydrogen) atoms. The van der Waals surface area contributed by atoms with Crippen LogP contribution in [-0.4, -0.2) is 64.1 Å². The fourth-order valence-corrected chi connectivity index (χ4v) is 6.22. The Labute approximate surface area is 246 Å². The predicted octanol–water partition coefficient (Wildman–Crippen LogP) is 4.34. The number of nitrogens with zero attached hydrogens (tertiary/aromatic N) is 4. The van der Waals surface area contributed by atoms with E-state index in [1.54, 1.807) is 6.20 Å². The molecule has 218 valence electrons. The molecule has 2 aliphatic rings. The van der Waals surface area contributed by atoms with E-state index in [1.807, 2.05) is 36.4 Å². The molecule has 2 N–H and O–H groups in total. The van der Waals surface area contributed by atoms with Crippen LogP contribution in [0.15, 0.2) is 72.9 Å². The van der Waals surface area contributed by atoms with E-state index in [2.05, 4.69) is 55.4 Å². The van der Waals surface area contributed by atoms with Crippen molar-refractivity contribution < 1.29 is 14.3 Å². The Morgan fingerprint density at radius 2 is 1.64 bits per heavy atom. The van der Waals surface area contributed by atoms with Crippen molar-refractivity contribution in [2.75, 3.05) is 38.2 Å². The maximum Gasteiger partial charge on any atom is 0.243 e. The Morgan fingerprint density at radius 3 is 2.45 bits per heavy atom. The molecule has 1 saturated carbocycles. The quantitative estimate of drug-likeness (QED) is 0.313. The lowest BCUT2D eigenvalue weighted by Gasteiger charge is -2.30. The van der Waals surface area contributed by atoms with E-state index in [0.29, 0.717) is 5.92 Å². The van der Waals surface area contributed by atoms with Gasteiger partial charge in [0.1, 0.15) is 5.82 Å². The van der Waals surface area contributed by atoms with Crippen LogP contribution >= 0.6 is 0 Å². The molecule has 0 radical (unpaired) electrons. The minimum atomic E-state index is -0.215. The van der Waals surface area contributed by atoms with Crippen molar-refractivity contribution in [3.63, 3.8) is 0 Å². The molecule has 6 rings (SSSR count). The average molecular weight is 567 g/mol. The molecule has 9 nitrogen and oxygen atoms in total. The zero-order valence-electron chi connectivity index (χ0n) is 23.9. The van der Waals surface area contributed by atoms with Gasteiger partial charge in [-0.05, 0) is 67.0 Å². The van der Waals surface area contributed by atoms with Crippen LogP contribution in [0.25, 0.3) is 11.2 Å². The van der Waals surface area contributed by atoms with Crippen molar-refractivity contribution >= 4 is 28.7 Å². The van der Waals surface area contributed by atoms with E-state index in [1.165, 1.54) is 11.1 Å². The number of amides is 2. The van der Waals surface area contributed by atoms with Crippen LogP contribution in [0.4, 0.5) is 5.69 Å². The van der Waals surface area contributed by atoms with Gasteiger partial charge in [-0.2, -0.15) is 0 Å². The van der Waals surface area contributed by atoms with E-state index in [4.69, 9.17) is 9.72 Å². The second-order valence-electron chi connectivity index (χ2n) is 11.2. The van der Waals surface area contributed by atoms with Crippen molar-refractivity contribution in [3.8, 4) is 0 Å². The van der Waals surface area contributed by atoms with Crippen molar-refractivity contribution in [2.45, 2.75) is 44.7 Å². The first-order valence-corrected chi connectivity index (χ1v) is 14.9. The molecule has 9 heteroatoms. The van der Waals surface area contributed by atoms with Gasteiger partial charge in [-0.1, -0.05) is 42.5 Å². The molecule has 1 aliphatic carbocycles. The van der Waals surface area contributed by atoms with Crippen molar-refractivity contribution in [1.29, 1.82) is 0 Å². The molecule has 0 atom stereocenters. The monoisotopic (exact) mass is 566 g/mol. The fourth-order valence-electron chi connectivity index (χ4n) is 6.22. The number of anilines is 1. The summed E-state index contributed by atoms with van der Waals surface area (Å²) in [5.41, 5.74) is 5.19. The largest absolute Gasteiger partial charge is 0.379 e.